The molecule has 0 aliphatic heterocycles. The highest BCUT2D eigenvalue weighted by Gasteiger charge is 2.10. The molecule has 0 aliphatic rings. The van der Waals surface area contributed by atoms with Gasteiger partial charge in [0, 0.05) is 20.1 Å². The zero-order valence-electron chi connectivity index (χ0n) is 15.1. The highest BCUT2D eigenvalue weighted by Crippen LogP contribution is 2.01. The maximum absolute atomic E-state index is 10.7. The Balaban J connectivity index is 0. The van der Waals surface area contributed by atoms with Crippen LogP contribution in [0.1, 0.15) is 6.92 Å². The summed E-state index contributed by atoms with van der Waals surface area (Å²) in [6.07, 6.45) is 0. The molecule has 0 heterocycles. The molecule has 8 heteroatoms. The van der Waals surface area contributed by atoms with Gasteiger partial charge in [-0.3, -0.25) is 4.79 Å². The van der Waals surface area contributed by atoms with Crippen LogP contribution in [0.2, 0.25) is 0 Å². The van der Waals surface area contributed by atoms with Crippen LogP contribution in [0.5, 0.6) is 0 Å². The van der Waals surface area contributed by atoms with Gasteiger partial charge in [0.15, 0.2) is 5.78 Å². The molecule has 0 unspecified atom stereocenters. The van der Waals surface area contributed by atoms with Crippen molar-refractivity contribution in [1.82, 2.24) is 0 Å². The number of carbonyl (C=O) groups is 2. The lowest BCUT2D eigenvalue weighted by molar-refractivity contribution is -0.122. The fourth-order valence-corrected chi connectivity index (χ4v) is 1.51. The van der Waals surface area contributed by atoms with Crippen molar-refractivity contribution in [2.24, 2.45) is 5.92 Å². The van der Waals surface area contributed by atoms with Gasteiger partial charge in [-0.25, -0.2) is 0 Å². The second kappa shape index (κ2) is 22.1. The lowest BCUT2D eigenvalue weighted by Crippen LogP contribution is -2.24. The molecule has 0 saturated carbocycles. The lowest BCUT2D eigenvalue weighted by Gasteiger charge is -2.17. The third-order valence-corrected chi connectivity index (χ3v) is 2.60. The second-order valence-electron chi connectivity index (χ2n) is 4.83. The summed E-state index contributed by atoms with van der Waals surface area (Å²) >= 11 is 0. The third-order valence-electron chi connectivity index (χ3n) is 2.60. The van der Waals surface area contributed by atoms with Gasteiger partial charge in [0.1, 0.15) is 13.4 Å². The Morgan fingerprint density at radius 2 is 1.12 bits per heavy atom. The molecule has 8 nitrogen and oxygen atoms in total. The quantitative estimate of drug-likeness (QED) is 0.347. The number of hydrogen-bond donors (Lipinski definition) is 0. The van der Waals surface area contributed by atoms with Crippen LogP contribution in [0.4, 0.5) is 0 Å². The molecule has 0 aromatic rings. The molecule has 0 radical (unpaired) electrons. The Morgan fingerprint density at radius 3 is 1.50 bits per heavy atom. The zero-order valence-corrected chi connectivity index (χ0v) is 15.1. The van der Waals surface area contributed by atoms with E-state index in [1.165, 1.54) is 6.92 Å². The third kappa shape index (κ3) is 21.1. The first-order chi connectivity index (χ1) is 11.7. The van der Waals surface area contributed by atoms with Gasteiger partial charge in [-0.15, -0.1) is 0 Å². The smallest absolute Gasteiger partial charge is 0.155 e. The van der Waals surface area contributed by atoms with Gasteiger partial charge in [0.25, 0.3) is 0 Å². The summed E-state index contributed by atoms with van der Waals surface area (Å²) in [6.45, 7) is 8.31. The number of Topliss-reactive ketones (excluding diaryl/α,β-unsaturated/α-hetero) is 1. The van der Waals surface area contributed by atoms with Crippen molar-refractivity contribution in [1.29, 1.82) is 0 Å². The van der Waals surface area contributed by atoms with E-state index in [2.05, 4.69) is 0 Å². The van der Waals surface area contributed by atoms with Crippen molar-refractivity contribution in [2.75, 3.05) is 80.3 Å². The van der Waals surface area contributed by atoms with Gasteiger partial charge < -0.3 is 33.2 Å². The molecular weight excluding hydrogens is 320 g/mol. The zero-order chi connectivity index (χ0) is 18.5. The molecule has 0 fully saturated rings. The molecule has 0 atom stereocenters. The minimum absolute atomic E-state index is 0.0102. The standard InChI is InChI=1S/C15H30O7.CH2O/c1-14(16)10-19-8-9-22-13-15(11-20-6-4-17-2)12-21-7-5-18-3;1-2/h15H,4-13H2,1-3H3;1H2. The summed E-state index contributed by atoms with van der Waals surface area (Å²) in [6, 6.07) is 0. The molecule has 0 aromatic carbocycles. The van der Waals surface area contributed by atoms with Crippen molar-refractivity contribution in [3.63, 3.8) is 0 Å². The molecule has 0 saturated heterocycles. The Hall–Kier alpha value is -0.900. The van der Waals surface area contributed by atoms with Gasteiger partial charge >= 0.3 is 0 Å². The van der Waals surface area contributed by atoms with Crippen LogP contribution in [-0.2, 0) is 38.0 Å². The van der Waals surface area contributed by atoms with Crippen molar-refractivity contribution >= 4 is 12.6 Å². The Bertz CT molecular complexity index is 250. The van der Waals surface area contributed by atoms with Crippen LogP contribution in [0, 0.1) is 5.92 Å². The monoisotopic (exact) mass is 352 g/mol. The summed E-state index contributed by atoms with van der Waals surface area (Å²) in [4.78, 5) is 18.7. The van der Waals surface area contributed by atoms with E-state index >= 15 is 0 Å². The molecule has 0 amide bonds. The topological polar surface area (TPSA) is 89.5 Å². The first-order valence-electron chi connectivity index (χ1n) is 7.77. The van der Waals surface area contributed by atoms with E-state index in [1.54, 1.807) is 14.2 Å². The first-order valence-corrected chi connectivity index (χ1v) is 7.77. The Kier molecular flexibility index (Phi) is 23.3. The number of ether oxygens (including phenoxy) is 6. The number of carbonyl (C=O) groups excluding carboxylic acids is 2. The minimum Gasteiger partial charge on any atom is -0.382 e. The van der Waals surface area contributed by atoms with E-state index in [9.17, 15) is 4.79 Å². The highest BCUT2D eigenvalue weighted by molar-refractivity contribution is 5.76. The number of methoxy groups -OCH3 is 2. The van der Waals surface area contributed by atoms with Crippen LogP contribution in [-0.4, -0.2) is 92.9 Å². The molecule has 0 aromatic heterocycles. The van der Waals surface area contributed by atoms with E-state index < -0.39 is 0 Å². The molecule has 24 heavy (non-hydrogen) atoms. The average molecular weight is 352 g/mol. The van der Waals surface area contributed by atoms with Gasteiger partial charge in [-0.05, 0) is 6.92 Å². The summed E-state index contributed by atoms with van der Waals surface area (Å²) < 4.78 is 31.6. The molecule has 0 spiro atoms. The maximum Gasteiger partial charge on any atom is 0.155 e. The Labute approximate surface area is 144 Å². The molecule has 0 aliphatic carbocycles. The van der Waals surface area contributed by atoms with Gasteiger partial charge in [0.05, 0.1) is 59.5 Å². The average Bonchev–Trinajstić information content (AvgIpc) is 2.59. The van der Waals surface area contributed by atoms with Crippen LogP contribution < -0.4 is 0 Å². The van der Waals surface area contributed by atoms with Gasteiger partial charge in [-0.2, -0.15) is 0 Å². The predicted molar refractivity (Wildman–Crippen MR) is 88.3 cm³/mol. The molecular formula is C16H32O8. The molecule has 144 valence electrons. The fraction of sp³-hybridized carbons (Fsp3) is 0.875. The Morgan fingerprint density at radius 1 is 0.750 bits per heavy atom. The van der Waals surface area contributed by atoms with Gasteiger partial charge in [0.2, 0.25) is 0 Å². The fourth-order valence-electron chi connectivity index (χ4n) is 1.51. The van der Waals surface area contributed by atoms with E-state index in [0.717, 1.165) is 0 Å². The number of ketones is 1. The van der Waals surface area contributed by atoms with Crippen LogP contribution in [0.25, 0.3) is 0 Å². The first kappa shape index (κ1) is 25.3. The van der Waals surface area contributed by atoms with E-state index in [0.29, 0.717) is 59.5 Å². The van der Waals surface area contributed by atoms with Crippen molar-refractivity contribution < 1.29 is 38.0 Å². The summed E-state index contributed by atoms with van der Waals surface area (Å²) in [5, 5.41) is 0. The van der Waals surface area contributed by atoms with Crippen molar-refractivity contribution in [3.8, 4) is 0 Å². The molecule has 0 rings (SSSR count). The van der Waals surface area contributed by atoms with E-state index in [1.807, 2.05) is 6.79 Å². The molecule has 0 N–H and O–H groups in total. The highest BCUT2D eigenvalue weighted by atomic mass is 16.5. The maximum atomic E-state index is 10.7. The van der Waals surface area contributed by atoms with Crippen molar-refractivity contribution in [3.05, 3.63) is 0 Å². The summed E-state index contributed by atoms with van der Waals surface area (Å²) in [5.74, 6) is 0.150. The number of rotatable bonds is 17. The summed E-state index contributed by atoms with van der Waals surface area (Å²) in [7, 11) is 3.28. The SMILES string of the molecule is C=O.COCCOCC(COCCOC)COCCOCC(C)=O. The lowest BCUT2D eigenvalue weighted by atomic mass is 10.2. The van der Waals surface area contributed by atoms with Crippen molar-refractivity contribution in [2.45, 2.75) is 6.92 Å². The second-order valence-corrected chi connectivity index (χ2v) is 4.83. The van der Waals surface area contributed by atoms with E-state index in [4.69, 9.17) is 33.2 Å². The van der Waals surface area contributed by atoms with E-state index in [-0.39, 0.29) is 18.3 Å². The normalized spacial score (nSPS) is 10.5. The van der Waals surface area contributed by atoms with Crippen LogP contribution in [0.15, 0.2) is 0 Å². The van der Waals surface area contributed by atoms with Crippen LogP contribution >= 0.6 is 0 Å². The minimum atomic E-state index is 0.0102. The number of hydrogen-bond acceptors (Lipinski definition) is 8. The van der Waals surface area contributed by atoms with Gasteiger partial charge in [-0.1, -0.05) is 0 Å². The predicted octanol–water partition coefficient (Wildman–Crippen LogP) is 0.366. The molecule has 0 bridgehead atoms. The van der Waals surface area contributed by atoms with Crippen LogP contribution in [0.3, 0.4) is 0 Å². The largest absolute Gasteiger partial charge is 0.382 e. The summed E-state index contributed by atoms with van der Waals surface area (Å²) in [5.41, 5.74) is 0.